The van der Waals surface area contributed by atoms with Crippen LogP contribution in [0.25, 0.3) is 10.2 Å². The highest BCUT2D eigenvalue weighted by Crippen LogP contribution is 2.39. The lowest BCUT2D eigenvalue weighted by Crippen LogP contribution is -2.33. The molecule has 1 aromatic heterocycles. The van der Waals surface area contributed by atoms with E-state index < -0.39 is 0 Å². The molecule has 1 amide bonds. The van der Waals surface area contributed by atoms with E-state index in [-0.39, 0.29) is 18.3 Å². The van der Waals surface area contributed by atoms with Gasteiger partial charge in [-0.3, -0.25) is 9.69 Å². The summed E-state index contributed by atoms with van der Waals surface area (Å²) in [6.45, 7) is 2.53. The standard InChI is InChI=1S/C22H25N3O4S.ClH/c1-24(2)9-4-10-25(21(26)15-5-7-16(27-3)8-6-15)22-23-17-13-18-19(14-20(17)30-22)29-12-11-28-18;/h5-8,13-14H,4,9-12H2,1-3H3;1H. The number of carbonyl (C=O) groups is 1. The van der Waals surface area contributed by atoms with Crippen LogP contribution in [0.2, 0.25) is 0 Å². The summed E-state index contributed by atoms with van der Waals surface area (Å²) < 4.78 is 17.5. The molecule has 1 aliphatic rings. The molecule has 2 aromatic carbocycles. The first-order valence-corrected chi connectivity index (χ1v) is 10.7. The number of nitrogens with zero attached hydrogens (tertiary/aromatic N) is 3. The van der Waals surface area contributed by atoms with E-state index in [2.05, 4.69) is 4.90 Å². The minimum atomic E-state index is -0.0762. The highest BCUT2D eigenvalue weighted by atomic mass is 35.5. The minimum absolute atomic E-state index is 0. The number of hydrogen-bond donors (Lipinski definition) is 0. The monoisotopic (exact) mass is 463 g/mol. The molecule has 0 saturated heterocycles. The van der Waals surface area contributed by atoms with Crippen molar-refractivity contribution >= 4 is 45.0 Å². The Bertz CT molecular complexity index is 996. The third-order valence-corrected chi connectivity index (χ3v) is 5.88. The predicted molar refractivity (Wildman–Crippen MR) is 126 cm³/mol. The molecule has 31 heavy (non-hydrogen) atoms. The van der Waals surface area contributed by atoms with Gasteiger partial charge in [0.25, 0.3) is 5.91 Å². The summed E-state index contributed by atoms with van der Waals surface area (Å²) in [6, 6.07) is 11.0. The van der Waals surface area contributed by atoms with Crippen LogP contribution in [0.4, 0.5) is 5.13 Å². The second-order valence-electron chi connectivity index (χ2n) is 7.30. The van der Waals surface area contributed by atoms with Gasteiger partial charge in [0.2, 0.25) is 0 Å². The first-order chi connectivity index (χ1) is 14.5. The van der Waals surface area contributed by atoms with Crippen molar-refractivity contribution in [3.8, 4) is 17.2 Å². The minimum Gasteiger partial charge on any atom is -0.497 e. The predicted octanol–water partition coefficient (Wildman–Crippen LogP) is 4.10. The van der Waals surface area contributed by atoms with Crippen molar-refractivity contribution in [3.63, 3.8) is 0 Å². The number of thiazole rings is 1. The number of methoxy groups -OCH3 is 1. The van der Waals surface area contributed by atoms with Crippen molar-refractivity contribution in [2.24, 2.45) is 0 Å². The summed E-state index contributed by atoms with van der Waals surface area (Å²) in [4.78, 5) is 22.0. The topological polar surface area (TPSA) is 64.1 Å². The first kappa shape index (κ1) is 23.1. The van der Waals surface area contributed by atoms with Crippen molar-refractivity contribution in [1.29, 1.82) is 0 Å². The Morgan fingerprint density at radius 1 is 1.10 bits per heavy atom. The van der Waals surface area contributed by atoms with Crippen LogP contribution in [-0.2, 0) is 0 Å². The smallest absolute Gasteiger partial charge is 0.260 e. The largest absolute Gasteiger partial charge is 0.497 e. The van der Waals surface area contributed by atoms with E-state index in [0.29, 0.717) is 36.2 Å². The number of rotatable bonds is 7. The maximum atomic E-state index is 13.3. The Hall–Kier alpha value is -2.55. The van der Waals surface area contributed by atoms with Gasteiger partial charge < -0.3 is 19.1 Å². The molecular formula is C22H26ClN3O4S. The van der Waals surface area contributed by atoms with E-state index in [4.69, 9.17) is 19.2 Å². The average Bonchev–Trinajstić information content (AvgIpc) is 3.16. The van der Waals surface area contributed by atoms with E-state index in [1.165, 1.54) is 11.3 Å². The molecule has 4 rings (SSSR count). The number of aromatic nitrogens is 1. The molecule has 0 bridgehead atoms. The van der Waals surface area contributed by atoms with Crippen LogP contribution in [0, 0.1) is 0 Å². The molecule has 0 saturated carbocycles. The number of ether oxygens (including phenoxy) is 3. The summed E-state index contributed by atoms with van der Waals surface area (Å²) in [5.41, 5.74) is 1.41. The van der Waals surface area contributed by atoms with E-state index in [1.54, 1.807) is 36.3 Å². The van der Waals surface area contributed by atoms with Crippen LogP contribution in [0.5, 0.6) is 17.2 Å². The van der Waals surface area contributed by atoms with Crippen LogP contribution in [0.3, 0.4) is 0 Å². The summed E-state index contributed by atoms with van der Waals surface area (Å²) >= 11 is 1.49. The van der Waals surface area contributed by atoms with E-state index in [1.807, 2.05) is 26.2 Å². The third-order valence-electron chi connectivity index (χ3n) is 4.84. The SMILES string of the molecule is COc1ccc(C(=O)N(CCCN(C)C)c2nc3cc4c(cc3s2)OCCO4)cc1.Cl. The van der Waals surface area contributed by atoms with E-state index in [0.717, 1.165) is 34.7 Å². The van der Waals surface area contributed by atoms with Gasteiger partial charge in [0.15, 0.2) is 16.6 Å². The fraction of sp³-hybridized carbons (Fsp3) is 0.364. The molecule has 0 fully saturated rings. The van der Waals surface area contributed by atoms with Gasteiger partial charge in [-0.05, 0) is 51.3 Å². The van der Waals surface area contributed by atoms with Crippen molar-refractivity contribution in [2.75, 3.05) is 52.4 Å². The van der Waals surface area contributed by atoms with Gasteiger partial charge in [0.1, 0.15) is 19.0 Å². The number of benzene rings is 2. The van der Waals surface area contributed by atoms with Gasteiger partial charge in [-0.1, -0.05) is 11.3 Å². The van der Waals surface area contributed by atoms with Crippen molar-refractivity contribution < 1.29 is 19.0 Å². The van der Waals surface area contributed by atoms with Gasteiger partial charge in [-0.2, -0.15) is 0 Å². The molecule has 0 atom stereocenters. The zero-order chi connectivity index (χ0) is 21.1. The van der Waals surface area contributed by atoms with Gasteiger partial charge in [-0.15, -0.1) is 12.4 Å². The summed E-state index contributed by atoms with van der Waals surface area (Å²) in [5.74, 6) is 2.07. The Morgan fingerprint density at radius 2 is 1.77 bits per heavy atom. The quantitative estimate of drug-likeness (QED) is 0.525. The normalized spacial score (nSPS) is 12.5. The van der Waals surface area contributed by atoms with Crippen LogP contribution in [-0.4, -0.2) is 63.3 Å². The number of hydrogen-bond acceptors (Lipinski definition) is 7. The number of carbonyl (C=O) groups excluding carboxylic acids is 1. The Morgan fingerprint density at radius 3 is 2.42 bits per heavy atom. The Kier molecular flexibility index (Phi) is 7.59. The summed E-state index contributed by atoms with van der Waals surface area (Å²) in [7, 11) is 5.66. The average molecular weight is 464 g/mol. The molecule has 0 spiro atoms. The lowest BCUT2D eigenvalue weighted by Gasteiger charge is -2.21. The van der Waals surface area contributed by atoms with Crippen molar-refractivity contribution in [1.82, 2.24) is 9.88 Å². The maximum absolute atomic E-state index is 13.3. The van der Waals surface area contributed by atoms with Crippen LogP contribution in [0.15, 0.2) is 36.4 Å². The molecule has 7 nitrogen and oxygen atoms in total. The fourth-order valence-corrected chi connectivity index (χ4v) is 4.29. The molecule has 2 heterocycles. The van der Waals surface area contributed by atoms with Crippen molar-refractivity contribution in [3.05, 3.63) is 42.0 Å². The van der Waals surface area contributed by atoms with Crippen LogP contribution >= 0.6 is 23.7 Å². The van der Waals surface area contributed by atoms with Gasteiger partial charge in [-0.25, -0.2) is 4.98 Å². The fourth-order valence-electron chi connectivity index (χ4n) is 3.29. The first-order valence-electron chi connectivity index (χ1n) is 9.86. The van der Waals surface area contributed by atoms with E-state index >= 15 is 0 Å². The zero-order valence-electron chi connectivity index (χ0n) is 17.8. The van der Waals surface area contributed by atoms with Gasteiger partial charge in [0, 0.05) is 24.2 Å². The lowest BCUT2D eigenvalue weighted by molar-refractivity contribution is 0.0986. The molecule has 9 heteroatoms. The number of amides is 1. The molecule has 0 N–H and O–H groups in total. The highest BCUT2D eigenvalue weighted by Gasteiger charge is 2.23. The third kappa shape index (κ3) is 5.20. The lowest BCUT2D eigenvalue weighted by atomic mass is 10.2. The van der Waals surface area contributed by atoms with Crippen LogP contribution < -0.4 is 19.1 Å². The molecule has 3 aromatic rings. The second kappa shape index (κ2) is 10.2. The zero-order valence-corrected chi connectivity index (χ0v) is 19.4. The summed E-state index contributed by atoms with van der Waals surface area (Å²) in [5, 5.41) is 0.673. The molecule has 0 radical (unpaired) electrons. The Balaban J connectivity index is 0.00000272. The second-order valence-corrected chi connectivity index (χ2v) is 8.31. The molecular weight excluding hydrogens is 438 g/mol. The number of anilines is 1. The molecule has 0 aliphatic carbocycles. The number of halogens is 1. The maximum Gasteiger partial charge on any atom is 0.260 e. The number of fused-ring (bicyclic) bond motifs is 2. The highest BCUT2D eigenvalue weighted by molar-refractivity contribution is 7.22. The molecule has 166 valence electrons. The molecule has 0 unspecified atom stereocenters. The Labute approximate surface area is 191 Å². The van der Waals surface area contributed by atoms with Crippen molar-refractivity contribution in [2.45, 2.75) is 6.42 Å². The van der Waals surface area contributed by atoms with E-state index in [9.17, 15) is 4.79 Å². The van der Waals surface area contributed by atoms with Crippen LogP contribution in [0.1, 0.15) is 16.8 Å². The molecule has 1 aliphatic heterocycles. The van der Waals surface area contributed by atoms with Gasteiger partial charge in [0.05, 0.1) is 17.3 Å². The van der Waals surface area contributed by atoms with Gasteiger partial charge >= 0.3 is 0 Å². The summed E-state index contributed by atoms with van der Waals surface area (Å²) in [6.07, 6.45) is 0.841.